The highest BCUT2D eigenvalue weighted by molar-refractivity contribution is 5.80. The third kappa shape index (κ3) is 6.12. The van der Waals surface area contributed by atoms with Gasteiger partial charge in [0.25, 0.3) is 0 Å². The highest BCUT2D eigenvalue weighted by atomic mass is 16.5. The molecule has 0 aromatic rings. The fourth-order valence-electron chi connectivity index (χ4n) is 4.20. The van der Waals surface area contributed by atoms with Crippen LogP contribution in [-0.4, -0.2) is 88.0 Å². The van der Waals surface area contributed by atoms with Crippen molar-refractivity contribution < 1.29 is 9.47 Å². The van der Waals surface area contributed by atoms with Crippen LogP contribution in [0.25, 0.3) is 0 Å². The predicted octanol–water partition coefficient (Wildman–Crippen LogP) is 1.57. The van der Waals surface area contributed by atoms with Crippen molar-refractivity contribution in [2.45, 2.75) is 44.6 Å². The van der Waals surface area contributed by atoms with Gasteiger partial charge >= 0.3 is 0 Å². The first kappa shape index (κ1) is 18.9. The molecule has 3 rings (SSSR count). The van der Waals surface area contributed by atoms with E-state index >= 15 is 0 Å². The summed E-state index contributed by atoms with van der Waals surface area (Å²) in [5, 5.41) is 3.52. The summed E-state index contributed by atoms with van der Waals surface area (Å²) in [4.78, 5) is 9.55. The highest BCUT2D eigenvalue weighted by Crippen LogP contribution is 2.20. The van der Waals surface area contributed by atoms with Crippen LogP contribution in [0.5, 0.6) is 0 Å². The second-order valence-corrected chi connectivity index (χ2v) is 7.62. The predicted molar refractivity (Wildman–Crippen MR) is 101 cm³/mol. The van der Waals surface area contributed by atoms with Crippen molar-refractivity contribution in [3.63, 3.8) is 0 Å². The van der Waals surface area contributed by atoms with E-state index in [4.69, 9.17) is 9.47 Å². The summed E-state index contributed by atoms with van der Waals surface area (Å²) >= 11 is 0. The van der Waals surface area contributed by atoms with Crippen molar-refractivity contribution in [1.29, 1.82) is 0 Å². The van der Waals surface area contributed by atoms with Crippen LogP contribution in [0.3, 0.4) is 0 Å². The van der Waals surface area contributed by atoms with Gasteiger partial charge in [0.2, 0.25) is 0 Å². The number of hydrogen-bond acceptors (Lipinski definition) is 4. The van der Waals surface area contributed by atoms with Gasteiger partial charge in [0.05, 0.1) is 6.10 Å². The van der Waals surface area contributed by atoms with Gasteiger partial charge in [-0.25, -0.2) is 0 Å². The molecule has 0 spiro atoms. The molecule has 0 saturated carbocycles. The monoisotopic (exact) mass is 352 g/mol. The standard InChI is InChI=1S/C19H36N4O2/c1-20-19(21-8-4-12-25-18-6-13-24-14-7-18)23-11-5-17(16-23)15-22-9-2-3-10-22/h17-18H,2-16H2,1H3,(H,20,21). The molecule has 0 aromatic heterocycles. The van der Waals surface area contributed by atoms with Gasteiger partial charge in [-0.1, -0.05) is 0 Å². The van der Waals surface area contributed by atoms with Crippen LogP contribution in [0.15, 0.2) is 4.99 Å². The summed E-state index contributed by atoms with van der Waals surface area (Å²) in [7, 11) is 1.90. The summed E-state index contributed by atoms with van der Waals surface area (Å²) in [6, 6.07) is 0. The van der Waals surface area contributed by atoms with Gasteiger partial charge in [-0.05, 0) is 57.5 Å². The third-order valence-corrected chi connectivity index (χ3v) is 5.64. The summed E-state index contributed by atoms with van der Waals surface area (Å²) in [6.07, 6.45) is 7.58. The van der Waals surface area contributed by atoms with Gasteiger partial charge in [0, 0.05) is 53.0 Å². The normalized spacial score (nSPS) is 26.5. The van der Waals surface area contributed by atoms with Crippen LogP contribution in [-0.2, 0) is 9.47 Å². The average molecular weight is 353 g/mol. The van der Waals surface area contributed by atoms with E-state index in [0.29, 0.717) is 6.10 Å². The van der Waals surface area contributed by atoms with Gasteiger partial charge < -0.3 is 24.6 Å². The summed E-state index contributed by atoms with van der Waals surface area (Å²) in [5.74, 6) is 1.86. The van der Waals surface area contributed by atoms with Crippen LogP contribution < -0.4 is 5.32 Å². The maximum Gasteiger partial charge on any atom is 0.193 e. The molecule has 25 heavy (non-hydrogen) atoms. The Hall–Kier alpha value is -0.850. The fourth-order valence-corrected chi connectivity index (χ4v) is 4.20. The zero-order valence-electron chi connectivity index (χ0n) is 15.9. The Bertz CT molecular complexity index is 406. The summed E-state index contributed by atoms with van der Waals surface area (Å²) in [5.41, 5.74) is 0. The molecule has 1 unspecified atom stereocenters. The van der Waals surface area contributed by atoms with Crippen molar-refractivity contribution >= 4 is 5.96 Å². The van der Waals surface area contributed by atoms with Crippen LogP contribution in [0.4, 0.5) is 0 Å². The molecule has 1 atom stereocenters. The number of ether oxygens (including phenoxy) is 2. The minimum Gasteiger partial charge on any atom is -0.381 e. The van der Waals surface area contributed by atoms with Crippen LogP contribution in [0.1, 0.15) is 38.5 Å². The molecule has 3 aliphatic rings. The lowest BCUT2D eigenvalue weighted by atomic mass is 10.1. The SMILES string of the molecule is CN=C(NCCCOC1CCOCC1)N1CCC(CN2CCCC2)C1. The van der Waals surface area contributed by atoms with E-state index < -0.39 is 0 Å². The molecule has 144 valence electrons. The minimum atomic E-state index is 0.401. The molecular weight excluding hydrogens is 316 g/mol. The Morgan fingerprint density at radius 3 is 2.72 bits per heavy atom. The lowest BCUT2D eigenvalue weighted by Crippen LogP contribution is -2.41. The lowest BCUT2D eigenvalue weighted by Gasteiger charge is -2.24. The Morgan fingerprint density at radius 1 is 1.16 bits per heavy atom. The zero-order chi connectivity index (χ0) is 17.3. The Kier molecular flexibility index (Phi) is 7.82. The summed E-state index contributed by atoms with van der Waals surface area (Å²) in [6.45, 7) is 9.62. The van der Waals surface area contributed by atoms with Gasteiger partial charge in [-0.2, -0.15) is 0 Å². The quantitative estimate of drug-likeness (QED) is 0.428. The number of nitrogens with one attached hydrogen (secondary N) is 1. The lowest BCUT2D eigenvalue weighted by molar-refractivity contribution is -0.0320. The largest absolute Gasteiger partial charge is 0.381 e. The maximum atomic E-state index is 5.94. The summed E-state index contributed by atoms with van der Waals surface area (Å²) < 4.78 is 11.3. The van der Waals surface area contributed by atoms with E-state index in [-0.39, 0.29) is 0 Å². The first-order valence-electron chi connectivity index (χ1n) is 10.2. The van der Waals surface area contributed by atoms with Gasteiger partial charge in [-0.3, -0.25) is 4.99 Å². The number of likely N-dealkylation sites (tertiary alicyclic amines) is 2. The number of rotatable bonds is 7. The molecule has 1 N–H and O–H groups in total. The second kappa shape index (κ2) is 10.3. The Balaban J connectivity index is 1.28. The first-order valence-corrected chi connectivity index (χ1v) is 10.2. The minimum absolute atomic E-state index is 0.401. The van der Waals surface area contributed by atoms with Crippen LogP contribution in [0.2, 0.25) is 0 Å². The molecule has 6 heteroatoms. The van der Waals surface area contributed by atoms with Crippen LogP contribution >= 0.6 is 0 Å². The Labute approximate surface area is 152 Å². The molecule has 0 aliphatic carbocycles. The van der Waals surface area contributed by atoms with Crippen molar-refractivity contribution in [2.75, 3.05) is 66.1 Å². The highest BCUT2D eigenvalue weighted by Gasteiger charge is 2.27. The van der Waals surface area contributed by atoms with Crippen molar-refractivity contribution in [3.8, 4) is 0 Å². The van der Waals surface area contributed by atoms with E-state index in [2.05, 4.69) is 20.1 Å². The molecule has 3 saturated heterocycles. The van der Waals surface area contributed by atoms with E-state index in [1.807, 2.05) is 7.05 Å². The smallest absolute Gasteiger partial charge is 0.193 e. The molecule has 0 amide bonds. The molecule has 3 heterocycles. The number of nitrogens with zero attached hydrogens (tertiary/aromatic N) is 3. The van der Waals surface area contributed by atoms with Gasteiger partial charge in [-0.15, -0.1) is 0 Å². The molecule has 6 nitrogen and oxygen atoms in total. The van der Waals surface area contributed by atoms with E-state index in [9.17, 15) is 0 Å². The molecule has 3 aliphatic heterocycles. The fraction of sp³-hybridized carbons (Fsp3) is 0.947. The number of guanidine groups is 1. The first-order chi connectivity index (χ1) is 12.3. The van der Waals surface area contributed by atoms with Crippen molar-refractivity contribution in [1.82, 2.24) is 15.1 Å². The Morgan fingerprint density at radius 2 is 1.96 bits per heavy atom. The molecule has 0 aromatic carbocycles. The third-order valence-electron chi connectivity index (χ3n) is 5.64. The van der Waals surface area contributed by atoms with Gasteiger partial charge in [0.1, 0.15) is 0 Å². The molecule has 3 fully saturated rings. The van der Waals surface area contributed by atoms with Crippen molar-refractivity contribution in [2.24, 2.45) is 10.9 Å². The van der Waals surface area contributed by atoms with Crippen LogP contribution in [0, 0.1) is 5.92 Å². The zero-order valence-corrected chi connectivity index (χ0v) is 15.9. The second-order valence-electron chi connectivity index (χ2n) is 7.62. The maximum absolute atomic E-state index is 5.94. The molecule has 0 bridgehead atoms. The topological polar surface area (TPSA) is 49.3 Å². The van der Waals surface area contributed by atoms with E-state index in [1.54, 1.807) is 0 Å². The number of hydrogen-bond donors (Lipinski definition) is 1. The molecule has 0 radical (unpaired) electrons. The number of aliphatic imine (C=N–C) groups is 1. The average Bonchev–Trinajstić information content (AvgIpc) is 3.32. The van der Waals surface area contributed by atoms with Gasteiger partial charge in [0.15, 0.2) is 5.96 Å². The van der Waals surface area contributed by atoms with Crippen molar-refractivity contribution in [3.05, 3.63) is 0 Å². The van der Waals surface area contributed by atoms with E-state index in [0.717, 1.165) is 70.6 Å². The molecular formula is C19H36N4O2. The van der Waals surface area contributed by atoms with E-state index in [1.165, 1.54) is 38.9 Å².